The number of thiophene rings is 1. The maximum absolute atomic E-state index is 12.8. The zero-order chi connectivity index (χ0) is 24.2. The normalized spacial score (nSPS) is 10.9. The summed E-state index contributed by atoms with van der Waals surface area (Å²) in [6.45, 7) is 6.17. The first kappa shape index (κ1) is 23.8. The number of carbonyl (C=O) groups excluding carboxylic acids is 2. The lowest BCUT2D eigenvalue weighted by Crippen LogP contribution is -2.16. The van der Waals surface area contributed by atoms with Crippen molar-refractivity contribution in [1.29, 1.82) is 0 Å². The summed E-state index contributed by atoms with van der Waals surface area (Å²) in [5.74, 6) is 0.818. The number of carbonyl (C=O) groups is 2. The van der Waals surface area contributed by atoms with Gasteiger partial charge in [0.25, 0.3) is 0 Å². The number of nitrogens with zero attached hydrogens (tertiary/aromatic N) is 3. The molecule has 0 bridgehead atoms. The van der Waals surface area contributed by atoms with Crippen LogP contribution in [-0.2, 0) is 16.1 Å². The van der Waals surface area contributed by atoms with Crippen LogP contribution < -0.4 is 5.32 Å². The minimum absolute atomic E-state index is 0.105. The molecule has 0 spiro atoms. The summed E-state index contributed by atoms with van der Waals surface area (Å²) in [7, 11) is 1.33. The van der Waals surface area contributed by atoms with Gasteiger partial charge in [-0.15, -0.1) is 21.5 Å². The highest BCUT2D eigenvalue weighted by Crippen LogP contribution is 2.33. The Morgan fingerprint density at radius 3 is 2.59 bits per heavy atom. The first-order valence-electron chi connectivity index (χ1n) is 10.5. The van der Waals surface area contributed by atoms with E-state index in [1.54, 1.807) is 6.26 Å². The lowest BCUT2D eigenvalue weighted by atomic mass is 10.1. The number of rotatable bonds is 8. The molecule has 0 saturated heterocycles. The van der Waals surface area contributed by atoms with Crippen LogP contribution in [0.25, 0.3) is 11.4 Å². The van der Waals surface area contributed by atoms with Crippen LogP contribution in [0.2, 0.25) is 0 Å². The maximum atomic E-state index is 12.8. The topological polar surface area (TPSA) is 99.2 Å². The summed E-state index contributed by atoms with van der Waals surface area (Å²) in [6.07, 6.45) is 1.62. The second-order valence-corrected chi connectivity index (χ2v) is 9.75. The second-order valence-electron chi connectivity index (χ2n) is 7.58. The molecular weight excluding hydrogens is 472 g/mol. The van der Waals surface area contributed by atoms with Crippen LogP contribution in [0.3, 0.4) is 0 Å². The summed E-state index contributed by atoms with van der Waals surface area (Å²) in [5.41, 5.74) is 3.14. The van der Waals surface area contributed by atoms with Crippen LogP contribution in [0.1, 0.15) is 32.1 Å². The average molecular weight is 497 g/mol. The number of anilines is 1. The Morgan fingerprint density at radius 1 is 1.15 bits per heavy atom. The van der Waals surface area contributed by atoms with Gasteiger partial charge in [-0.2, -0.15) is 0 Å². The number of aromatic nitrogens is 3. The number of amides is 1. The first-order valence-corrected chi connectivity index (χ1v) is 12.3. The fourth-order valence-corrected chi connectivity index (χ4v) is 5.28. The Bertz CT molecular complexity index is 1320. The molecule has 4 rings (SSSR count). The molecule has 0 saturated carbocycles. The van der Waals surface area contributed by atoms with E-state index in [4.69, 9.17) is 9.15 Å². The molecule has 1 amide bonds. The Morgan fingerprint density at radius 2 is 1.91 bits per heavy atom. The zero-order valence-corrected chi connectivity index (χ0v) is 20.9. The number of methoxy groups -OCH3 is 1. The average Bonchev–Trinajstić information content (AvgIpc) is 3.50. The minimum Gasteiger partial charge on any atom is -0.469 e. The van der Waals surface area contributed by atoms with Gasteiger partial charge in [0.1, 0.15) is 10.8 Å². The molecule has 0 radical (unpaired) electrons. The molecular formula is C24H24N4O4S2. The van der Waals surface area contributed by atoms with E-state index in [9.17, 15) is 9.59 Å². The van der Waals surface area contributed by atoms with Crippen molar-refractivity contribution >= 4 is 40.0 Å². The number of nitrogens with one attached hydrogen (secondary N) is 1. The van der Waals surface area contributed by atoms with Gasteiger partial charge in [-0.1, -0.05) is 42.1 Å². The van der Waals surface area contributed by atoms with Crippen molar-refractivity contribution in [3.63, 3.8) is 0 Å². The number of hydrogen-bond donors (Lipinski definition) is 1. The number of esters is 1. The van der Waals surface area contributed by atoms with E-state index in [1.807, 2.05) is 61.7 Å². The standard InChI is InChI=1S/C24H24N4O4S2/c1-14-16(3)34-22(20(14)23(30)31-4)25-19(29)13-33-24-27-26-21(18-10-11-32-15(18)2)28(24)12-17-8-6-5-7-9-17/h5-11H,12-13H2,1-4H3,(H,25,29). The van der Waals surface area contributed by atoms with Crippen molar-refractivity contribution in [1.82, 2.24) is 14.8 Å². The Hall–Kier alpha value is -3.37. The SMILES string of the molecule is COC(=O)c1c(NC(=O)CSc2nnc(-c3ccoc3C)n2Cc2ccccc2)sc(C)c1C. The van der Waals surface area contributed by atoms with Gasteiger partial charge in [0.05, 0.1) is 36.8 Å². The van der Waals surface area contributed by atoms with Crippen molar-refractivity contribution in [3.05, 3.63) is 70.0 Å². The first-order chi connectivity index (χ1) is 16.4. The van der Waals surface area contributed by atoms with Crippen molar-refractivity contribution in [2.45, 2.75) is 32.5 Å². The van der Waals surface area contributed by atoms with Crippen LogP contribution in [0.4, 0.5) is 5.00 Å². The molecule has 0 aliphatic carbocycles. The van der Waals surface area contributed by atoms with E-state index < -0.39 is 5.97 Å². The molecule has 0 aliphatic rings. The van der Waals surface area contributed by atoms with Gasteiger partial charge < -0.3 is 14.5 Å². The molecule has 176 valence electrons. The van der Waals surface area contributed by atoms with E-state index in [1.165, 1.54) is 30.2 Å². The number of benzene rings is 1. The van der Waals surface area contributed by atoms with Gasteiger partial charge in [-0.05, 0) is 38.0 Å². The lowest BCUT2D eigenvalue weighted by molar-refractivity contribution is -0.113. The highest BCUT2D eigenvalue weighted by Gasteiger charge is 2.23. The van der Waals surface area contributed by atoms with E-state index in [0.29, 0.717) is 28.1 Å². The molecule has 34 heavy (non-hydrogen) atoms. The van der Waals surface area contributed by atoms with Crippen molar-refractivity contribution in [2.75, 3.05) is 18.2 Å². The van der Waals surface area contributed by atoms with Gasteiger partial charge >= 0.3 is 5.97 Å². The summed E-state index contributed by atoms with van der Waals surface area (Å²) >= 11 is 2.64. The quantitative estimate of drug-likeness (QED) is 0.268. The molecule has 1 aromatic carbocycles. The molecule has 4 aromatic rings. The molecule has 8 nitrogen and oxygen atoms in total. The van der Waals surface area contributed by atoms with Crippen LogP contribution in [-0.4, -0.2) is 39.5 Å². The van der Waals surface area contributed by atoms with Crippen LogP contribution in [0, 0.1) is 20.8 Å². The smallest absolute Gasteiger partial charge is 0.341 e. The highest BCUT2D eigenvalue weighted by atomic mass is 32.2. The minimum atomic E-state index is -0.465. The summed E-state index contributed by atoms with van der Waals surface area (Å²) < 4.78 is 12.3. The molecule has 3 heterocycles. The third-order valence-electron chi connectivity index (χ3n) is 5.36. The van der Waals surface area contributed by atoms with Gasteiger partial charge in [-0.3, -0.25) is 9.36 Å². The van der Waals surface area contributed by atoms with Crippen LogP contribution in [0.5, 0.6) is 0 Å². The van der Waals surface area contributed by atoms with Crippen molar-refractivity contribution in [2.24, 2.45) is 0 Å². The summed E-state index contributed by atoms with van der Waals surface area (Å²) in [4.78, 5) is 25.9. The molecule has 0 aliphatic heterocycles. The number of thioether (sulfide) groups is 1. The van der Waals surface area contributed by atoms with E-state index in [-0.39, 0.29) is 11.7 Å². The zero-order valence-electron chi connectivity index (χ0n) is 19.2. The fraction of sp³-hybridized carbons (Fsp3) is 0.250. The third-order valence-corrected chi connectivity index (χ3v) is 7.45. The van der Waals surface area contributed by atoms with E-state index in [2.05, 4.69) is 15.5 Å². The highest BCUT2D eigenvalue weighted by molar-refractivity contribution is 7.99. The summed E-state index contributed by atoms with van der Waals surface area (Å²) in [5, 5.41) is 12.7. The lowest BCUT2D eigenvalue weighted by Gasteiger charge is -2.10. The van der Waals surface area contributed by atoms with Gasteiger partial charge in [0, 0.05) is 4.88 Å². The fourth-order valence-electron chi connectivity index (χ4n) is 3.48. The maximum Gasteiger partial charge on any atom is 0.341 e. The van der Waals surface area contributed by atoms with E-state index in [0.717, 1.165) is 27.3 Å². The van der Waals surface area contributed by atoms with Crippen LogP contribution >= 0.6 is 23.1 Å². The number of aryl methyl sites for hydroxylation is 2. The molecule has 0 atom stereocenters. The number of furan rings is 1. The number of hydrogen-bond acceptors (Lipinski definition) is 8. The van der Waals surface area contributed by atoms with Gasteiger partial charge in [-0.25, -0.2) is 4.79 Å². The van der Waals surface area contributed by atoms with Gasteiger partial charge in [0.15, 0.2) is 11.0 Å². The van der Waals surface area contributed by atoms with Crippen LogP contribution in [0.15, 0.2) is 52.2 Å². The summed E-state index contributed by atoms with van der Waals surface area (Å²) in [6, 6.07) is 11.8. The molecule has 0 unspecified atom stereocenters. The third kappa shape index (κ3) is 4.92. The molecule has 10 heteroatoms. The Balaban J connectivity index is 1.55. The predicted octanol–water partition coefficient (Wildman–Crippen LogP) is 5.09. The molecule has 1 N–H and O–H groups in total. The monoisotopic (exact) mass is 496 g/mol. The largest absolute Gasteiger partial charge is 0.469 e. The van der Waals surface area contributed by atoms with Crippen molar-refractivity contribution < 1.29 is 18.7 Å². The van der Waals surface area contributed by atoms with E-state index >= 15 is 0 Å². The Labute approximate surface area is 205 Å². The second kappa shape index (κ2) is 10.3. The molecule has 0 fully saturated rings. The molecule has 3 aromatic heterocycles. The number of ether oxygens (including phenoxy) is 1. The Kier molecular flexibility index (Phi) is 7.18. The van der Waals surface area contributed by atoms with Crippen molar-refractivity contribution in [3.8, 4) is 11.4 Å². The predicted molar refractivity (Wildman–Crippen MR) is 132 cm³/mol. The van der Waals surface area contributed by atoms with Gasteiger partial charge in [0.2, 0.25) is 5.91 Å².